The van der Waals surface area contributed by atoms with Gasteiger partial charge < -0.3 is 9.47 Å². The van der Waals surface area contributed by atoms with Gasteiger partial charge >= 0.3 is 0 Å². The summed E-state index contributed by atoms with van der Waals surface area (Å²) in [5.74, 6) is 1.34. The van der Waals surface area contributed by atoms with Gasteiger partial charge in [0.2, 0.25) is 10.0 Å². The van der Waals surface area contributed by atoms with Crippen LogP contribution in [0.1, 0.15) is 29.2 Å². The fourth-order valence-corrected chi connectivity index (χ4v) is 4.67. The molecule has 1 heterocycles. The monoisotopic (exact) mass is 423 g/mol. The third-order valence-electron chi connectivity index (χ3n) is 5.09. The fraction of sp³-hybridized carbons (Fsp3) is 0.250. The van der Waals surface area contributed by atoms with Crippen LogP contribution in [0, 0.1) is 6.92 Å². The van der Waals surface area contributed by atoms with Crippen LogP contribution in [0.4, 0.5) is 0 Å². The Bertz CT molecular complexity index is 1100. The number of benzene rings is 3. The van der Waals surface area contributed by atoms with Gasteiger partial charge in [0.1, 0.15) is 0 Å². The summed E-state index contributed by atoms with van der Waals surface area (Å²) in [7, 11) is -3.70. The minimum absolute atomic E-state index is 0.250. The lowest BCUT2D eigenvalue weighted by Crippen LogP contribution is -2.30. The van der Waals surface area contributed by atoms with Gasteiger partial charge in [0.25, 0.3) is 0 Å². The molecule has 1 aliphatic rings. The highest BCUT2D eigenvalue weighted by Gasteiger charge is 2.23. The zero-order valence-corrected chi connectivity index (χ0v) is 17.7. The fourth-order valence-electron chi connectivity index (χ4n) is 3.45. The number of rotatable bonds is 6. The lowest BCUT2D eigenvalue weighted by atomic mass is 9.99. The van der Waals surface area contributed by atoms with Gasteiger partial charge in [0.05, 0.1) is 24.2 Å². The minimum atomic E-state index is -3.70. The summed E-state index contributed by atoms with van der Waals surface area (Å²) in [4.78, 5) is 0.250. The van der Waals surface area contributed by atoms with Crippen molar-refractivity contribution in [3.63, 3.8) is 0 Å². The highest BCUT2D eigenvalue weighted by atomic mass is 32.2. The van der Waals surface area contributed by atoms with E-state index in [0.29, 0.717) is 31.1 Å². The van der Waals surface area contributed by atoms with Crippen LogP contribution in [0.25, 0.3) is 0 Å². The van der Waals surface area contributed by atoms with Crippen LogP contribution < -0.4 is 14.2 Å². The number of fused-ring (bicyclic) bond motifs is 1. The third-order valence-corrected chi connectivity index (χ3v) is 6.57. The maximum absolute atomic E-state index is 13.1. The van der Waals surface area contributed by atoms with Crippen molar-refractivity contribution in [1.82, 2.24) is 4.72 Å². The number of sulfonamides is 1. The molecular formula is C24H25NO4S. The number of hydrogen-bond donors (Lipinski definition) is 1. The van der Waals surface area contributed by atoms with Gasteiger partial charge in [0, 0.05) is 6.42 Å². The second-order valence-electron chi connectivity index (χ2n) is 7.43. The molecule has 0 spiro atoms. The quantitative estimate of drug-likeness (QED) is 0.638. The van der Waals surface area contributed by atoms with Crippen LogP contribution in [-0.2, 0) is 16.4 Å². The molecule has 0 amide bonds. The van der Waals surface area contributed by atoms with Gasteiger partial charge in [-0.05, 0) is 48.7 Å². The van der Waals surface area contributed by atoms with Gasteiger partial charge in [-0.2, -0.15) is 0 Å². The van der Waals surface area contributed by atoms with E-state index < -0.39 is 16.1 Å². The van der Waals surface area contributed by atoms with E-state index in [4.69, 9.17) is 9.47 Å². The standard InChI is InChI=1S/C24H25NO4S/c1-18-8-11-21(12-9-18)30(26,27)25-22(16-19-6-3-2-4-7-19)20-10-13-23-24(17-20)29-15-5-14-28-23/h2-4,6-13,17,22,25H,5,14-16H2,1H3. The molecule has 5 nitrogen and oxygen atoms in total. The summed E-state index contributed by atoms with van der Waals surface area (Å²) in [6.07, 6.45) is 1.34. The minimum Gasteiger partial charge on any atom is -0.490 e. The molecule has 0 aromatic heterocycles. The summed E-state index contributed by atoms with van der Waals surface area (Å²) in [6.45, 7) is 3.12. The van der Waals surface area contributed by atoms with Crippen LogP contribution in [0.5, 0.6) is 11.5 Å². The van der Waals surface area contributed by atoms with Crippen molar-refractivity contribution in [2.24, 2.45) is 0 Å². The van der Waals surface area contributed by atoms with Crippen LogP contribution in [0.2, 0.25) is 0 Å². The predicted octanol–water partition coefficient (Wildman–Crippen LogP) is 4.42. The number of ether oxygens (including phenoxy) is 2. The Kier molecular flexibility index (Phi) is 6.06. The third kappa shape index (κ3) is 4.83. The van der Waals surface area contributed by atoms with Crippen molar-refractivity contribution < 1.29 is 17.9 Å². The molecule has 1 aliphatic heterocycles. The van der Waals surface area contributed by atoms with E-state index in [1.807, 2.05) is 55.5 Å². The van der Waals surface area contributed by atoms with Crippen molar-refractivity contribution in [2.45, 2.75) is 30.7 Å². The first kappa shape index (κ1) is 20.4. The Labute approximate surface area is 177 Å². The smallest absolute Gasteiger partial charge is 0.241 e. The molecule has 156 valence electrons. The van der Waals surface area contributed by atoms with E-state index in [1.54, 1.807) is 24.3 Å². The van der Waals surface area contributed by atoms with E-state index >= 15 is 0 Å². The number of aryl methyl sites for hydroxylation is 1. The largest absolute Gasteiger partial charge is 0.490 e. The van der Waals surface area contributed by atoms with Gasteiger partial charge in [-0.25, -0.2) is 13.1 Å². The molecular weight excluding hydrogens is 398 g/mol. The molecule has 1 unspecified atom stereocenters. The molecule has 0 saturated heterocycles. The Morgan fingerprint density at radius 1 is 0.900 bits per heavy atom. The average Bonchev–Trinajstić information content (AvgIpc) is 2.99. The molecule has 1 N–H and O–H groups in total. The van der Waals surface area contributed by atoms with Crippen molar-refractivity contribution in [3.8, 4) is 11.5 Å². The molecule has 4 rings (SSSR count). The maximum atomic E-state index is 13.1. The molecule has 6 heteroatoms. The molecule has 0 saturated carbocycles. The summed E-state index contributed by atoms with van der Waals surface area (Å²) >= 11 is 0. The lowest BCUT2D eigenvalue weighted by molar-refractivity contribution is 0.297. The van der Waals surface area contributed by atoms with Crippen molar-refractivity contribution in [2.75, 3.05) is 13.2 Å². The molecule has 3 aromatic carbocycles. The van der Waals surface area contributed by atoms with Crippen LogP contribution in [-0.4, -0.2) is 21.6 Å². The Hall–Kier alpha value is -2.83. The van der Waals surface area contributed by atoms with Crippen LogP contribution in [0.3, 0.4) is 0 Å². The molecule has 30 heavy (non-hydrogen) atoms. The highest BCUT2D eigenvalue weighted by molar-refractivity contribution is 7.89. The molecule has 3 aromatic rings. The highest BCUT2D eigenvalue weighted by Crippen LogP contribution is 2.33. The topological polar surface area (TPSA) is 64.6 Å². The van der Waals surface area contributed by atoms with Crippen LogP contribution in [0.15, 0.2) is 77.7 Å². The van der Waals surface area contributed by atoms with Gasteiger partial charge in [-0.1, -0.05) is 54.1 Å². The molecule has 1 atom stereocenters. The van der Waals surface area contributed by atoms with E-state index in [2.05, 4.69) is 4.72 Å². The summed E-state index contributed by atoms with van der Waals surface area (Å²) < 4.78 is 40.6. The summed E-state index contributed by atoms with van der Waals surface area (Å²) in [6, 6.07) is 21.9. The SMILES string of the molecule is Cc1ccc(S(=O)(=O)NC(Cc2ccccc2)c2ccc3c(c2)OCCCO3)cc1. The first-order valence-corrected chi connectivity index (χ1v) is 11.5. The molecule has 0 aliphatic carbocycles. The number of hydrogen-bond acceptors (Lipinski definition) is 4. The predicted molar refractivity (Wildman–Crippen MR) is 116 cm³/mol. The number of nitrogens with one attached hydrogen (secondary N) is 1. The maximum Gasteiger partial charge on any atom is 0.241 e. The van der Waals surface area contributed by atoms with Crippen molar-refractivity contribution in [3.05, 3.63) is 89.5 Å². The zero-order valence-electron chi connectivity index (χ0n) is 16.9. The Morgan fingerprint density at radius 3 is 2.33 bits per heavy atom. The Balaban J connectivity index is 1.68. The molecule has 0 radical (unpaired) electrons. The second kappa shape index (κ2) is 8.90. The molecule has 0 fully saturated rings. The van der Waals surface area contributed by atoms with Crippen molar-refractivity contribution >= 4 is 10.0 Å². The van der Waals surface area contributed by atoms with E-state index in [1.165, 1.54) is 0 Å². The second-order valence-corrected chi connectivity index (χ2v) is 9.15. The van der Waals surface area contributed by atoms with E-state index in [-0.39, 0.29) is 4.90 Å². The first-order chi connectivity index (χ1) is 14.5. The molecule has 0 bridgehead atoms. The van der Waals surface area contributed by atoms with Gasteiger partial charge in [-0.3, -0.25) is 0 Å². The van der Waals surface area contributed by atoms with E-state index in [0.717, 1.165) is 23.1 Å². The van der Waals surface area contributed by atoms with Crippen molar-refractivity contribution in [1.29, 1.82) is 0 Å². The van der Waals surface area contributed by atoms with Gasteiger partial charge in [0.15, 0.2) is 11.5 Å². The Morgan fingerprint density at radius 2 is 1.60 bits per heavy atom. The van der Waals surface area contributed by atoms with E-state index in [9.17, 15) is 8.42 Å². The van der Waals surface area contributed by atoms with Gasteiger partial charge in [-0.15, -0.1) is 0 Å². The average molecular weight is 424 g/mol. The normalized spacial score (nSPS) is 14.7. The summed E-state index contributed by atoms with van der Waals surface area (Å²) in [5.41, 5.74) is 2.89. The summed E-state index contributed by atoms with van der Waals surface area (Å²) in [5, 5.41) is 0. The first-order valence-electron chi connectivity index (χ1n) is 10.0. The van der Waals surface area contributed by atoms with Crippen LogP contribution >= 0.6 is 0 Å². The zero-order chi connectivity index (χ0) is 21.0. The lowest BCUT2D eigenvalue weighted by Gasteiger charge is -2.21.